The zero-order chi connectivity index (χ0) is 14.0. The first-order chi connectivity index (χ1) is 9.02. The van der Waals surface area contributed by atoms with E-state index in [0.29, 0.717) is 15.6 Å². The molecule has 0 fully saturated rings. The van der Waals surface area contributed by atoms with Crippen LogP contribution in [0.5, 0.6) is 0 Å². The molecule has 0 bridgehead atoms. The van der Waals surface area contributed by atoms with Crippen molar-refractivity contribution in [2.24, 2.45) is 0 Å². The summed E-state index contributed by atoms with van der Waals surface area (Å²) in [7, 11) is 1.26. The van der Waals surface area contributed by atoms with Crippen LogP contribution in [0.1, 0.15) is 32.6 Å². The average Bonchev–Trinajstić information content (AvgIpc) is 2.83. The van der Waals surface area contributed by atoms with Crippen molar-refractivity contribution in [2.45, 2.75) is 13.8 Å². The summed E-state index contributed by atoms with van der Waals surface area (Å²) in [5, 5.41) is 0.536. The molecule has 0 aliphatic rings. The maximum Gasteiger partial charge on any atom is 0.358 e. The predicted molar refractivity (Wildman–Crippen MR) is 71.4 cm³/mol. The molecule has 0 aliphatic carbocycles. The van der Waals surface area contributed by atoms with Gasteiger partial charge in [-0.1, -0.05) is 0 Å². The number of carbonyl (C=O) groups excluding carboxylic acids is 2. The van der Waals surface area contributed by atoms with Crippen molar-refractivity contribution in [3.05, 3.63) is 34.5 Å². The van der Waals surface area contributed by atoms with Crippen LogP contribution < -0.4 is 0 Å². The fraction of sp³-hybridized carbons (Fsp3) is 0.231. The zero-order valence-corrected chi connectivity index (χ0v) is 11.6. The number of ether oxygens (including phenoxy) is 1. The van der Waals surface area contributed by atoms with E-state index < -0.39 is 5.97 Å². The number of pyridine rings is 1. The Bertz CT molecular complexity index is 649. The van der Waals surface area contributed by atoms with Crippen LogP contribution >= 0.6 is 11.3 Å². The third-order valence-electron chi connectivity index (χ3n) is 2.46. The molecule has 0 spiro atoms. The number of hydrogen-bond acceptors (Lipinski definition) is 6. The van der Waals surface area contributed by atoms with E-state index in [2.05, 4.69) is 14.7 Å². The van der Waals surface area contributed by atoms with Crippen molar-refractivity contribution in [1.29, 1.82) is 0 Å². The van der Waals surface area contributed by atoms with Gasteiger partial charge in [-0.3, -0.25) is 9.78 Å². The largest absolute Gasteiger partial charge is 0.464 e. The van der Waals surface area contributed by atoms with Crippen molar-refractivity contribution < 1.29 is 14.3 Å². The highest BCUT2D eigenvalue weighted by Crippen LogP contribution is 2.28. The van der Waals surface area contributed by atoms with Crippen LogP contribution in [0.25, 0.3) is 10.7 Å². The summed E-state index contributed by atoms with van der Waals surface area (Å²) >= 11 is 1.15. The van der Waals surface area contributed by atoms with Gasteiger partial charge in [0.25, 0.3) is 0 Å². The standard InChI is InChI=1S/C13H12N2O3S/c1-7-4-5-14-9(6-7)12-15-10(13(17)18-3)11(19-12)8(2)16/h4-6H,1-3H3. The molecule has 0 amide bonds. The fourth-order valence-corrected chi connectivity index (χ4v) is 2.47. The number of methoxy groups -OCH3 is 1. The molecule has 0 saturated heterocycles. The van der Waals surface area contributed by atoms with Gasteiger partial charge >= 0.3 is 5.97 Å². The van der Waals surface area contributed by atoms with E-state index >= 15 is 0 Å². The second-order valence-corrected chi connectivity index (χ2v) is 4.96. The number of esters is 1. The van der Waals surface area contributed by atoms with E-state index in [1.807, 2.05) is 19.1 Å². The van der Waals surface area contributed by atoms with Gasteiger partial charge < -0.3 is 4.74 Å². The van der Waals surface area contributed by atoms with Crippen molar-refractivity contribution in [1.82, 2.24) is 9.97 Å². The molecule has 19 heavy (non-hydrogen) atoms. The molecular formula is C13H12N2O3S. The summed E-state index contributed by atoms with van der Waals surface area (Å²) < 4.78 is 4.63. The highest BCUT2D eigenvalue weighted by molar-refractivity contribution is 7.17. The highest BCUT2D eigenvalue weighted by Gasteiger charge is 2.22. The van der Waals surface area contributed by atoms with Crippen LogP contribution in [0.15, 0.2) is 18.3 Å². The van der Waals surface area contributed by atoms with E-state index in [4.69, 9.17) is 0 Å². The Morgan fingerprint density at radius 1 is 1.37 bits per heavy atom. The van der Waals surface area contributed by atoms with Gasteiger partial charge in [0.2, 0.25) is 0 Å². The van der Waals surface area contributed by atoms with Gasteiger partial charge in [-0.15, -0.1) is 11.3 Å². The lowest BCUT2D eigenvalue weighted by Gasteiger charge is -1.96. The summed E-state index contributed by atoms with van der Waals surface area (Å²) in [6.07, 6.45) is 1.66. The topological polar surface area (TPSA) is 69.2 Å². The normalized spacial score (nSPS) is 10.3. The third-order valence-corrected chi connectivity index (χ3v) is 3.64. The molecule has 0 unspecified atom stereocenters. The Kier molecular flexibility index (Phi) is 3.71. The molecule has 2 aromatic rings. The summed E-state index contributed by atoms with van der Waals surface area (Å²) in [5.41, 5.74) is 1.73. The minimum absolute atomic E-state index is 0.0540. The van der Waals surface area contributed by atoms with Crippen LogP contribution in [0.2, 0.25) is 0 Å². The molecule has 0 aliphatic heterocycles. The Labute approximate surface area is 114 Å². The Morgan fingerprint density at radius 2 is 2.11 bits per heavy atom. The van der Waals surface area contributed by atoms with Crippen molar-refractivity contribution in [3.8, 4) is 10.7 Å². The first kappa shape index (κ1) is 13.4. The maximum atomic E-state index is 11.6. The summed E-state index contributed by atoms with van der Waals surface area (Å²) in [6.45, 7) is 3.33. The molecule has 0 radical (unpaired) electrons. The molecule has 6 heteroatoms. The number of carbonyl (C=O) groups is 2. The number of Topliss-reactive ketones (excluding diaryl/α,β-unsaturated/α-hetero) is 1. The number of ketones is 1. The minimum Gasteiger partial charge on any atom is -0.464 e. The molecule has 98 valence electrons. The summed E-state index contributed by atoms with van der Waals surface area (Å²) in [6, 6.07) is 3.72. The molecule has 2 heterocycles. The first-order valence-corrected chi connectivity index (χ1v) is 6.37. The van der Waals surface area contributed by atoms with Gasteiger partial charge in [-0.25, -0.2) is 9.78 Å². The molecular weight excluding hydrogens is 264 g/mol. The van der Waals surface area contributed by atoms with Gasteiger partial charge in [0, 0.05) is 13.1 Å². The van der Waals surface area contributed by atoms with Crippen LogP contribution in [0.3, 0.4) is 0 Å². The summed E-state index contributed by atoms with van der Waals surface area (Å²) in [4.78, 5) is 31.8. The van der Waals surface area contributed by atoms with Crippen LogP contribution in [0.4, 0.5) is 0 Å². The molecule has 0 aromatic carbocycles. The zero-order valence-electron chi connectivity index (χ0n) is 10.8. The monoisotopic (exact) mass is 276 g/mol. The highest BCUT2D eigenvalue weighted by atomic mass is 32.1. The number of aromatic nitrogens is 2. The molecule has 0 saturated carbocycles. The van der Waals surface area contributed by atoms with Crippen LogP contribution in [0, 0.1) is 6.92 Å². The maximum absolute atomic E-state index is 11.6. The lowest BCUT2D eigenvalue weighted by atomic mass is 10.2. The Morgan fingerprint density at radius 3 is 2.68 bits per heavy atom. The summed E-state index contributed by atoms with van der Waals surface area (Å²) in [5.74, 6) is -0.822. The number of nitrogens with zero attached hydrogens (tertiary/aromatic N) is 2. The van der Waals surface area contributed by atoms with Crippen LogP contribution in [-0.2, 0) is 4.74 Å². The van der Waals surface area contributed by atoms with E-state index in [1.165, 1.54) is 14.0 Å². The number of thiazole rings is 1. The second-order valence-electron chi connectivity index (χ2n) is 3.96. The first-order valence-electron chi connectivity index (χ1n) is 5.56. The molecule has 2 rings (SSSR count). The predicted octanol–water partition coefficient (Wildman–Crippen LogP) is 2.50. The van der Waals surface area contributed by atoms with E-state index in [1.54, 1.807) is 6.20 Å². The number of rotatable bonds is 3. The van der Waals surface area contributed by atoms with Crippen molar-refractivity contribution >= 4 is 23.1 Å². The van der Waals surface area contributed by atoms with E-state index in [0.717, 1.165) is 16.9 Å². The number of aryl methyl sites for hydroxylation is 1. The van der Waals surface area contributed by atoms with Gasteiger partial charge in [-0.05, 0) is 24.6 Å². The smallest absolute Gasteiger partial charge is 0.358 e. The fourth-order valence-electron chi connectivity index (χ4n) is 1.56. The van der Waals surface area contributed by atoms with Gasteiger partial charge in [-0.2, -0.15) is 0 Å². The number of hydrogen-bond donors (Lipinski definition) is 0. The van der Waals surface area contributed by atoms with E-state index in [-0.39, 0.29) is 11.5 Å². The second kappa shape index (κ2) is 5.27. The third kappa shape index (κ3) is 2.68. The lowest BCUT2D eigenvalue weighted by Crippen LogP contribution is -2.06. The lowest BCUT2D eigenvalue weighted by molar-refractivity contribution is 0.0591. The Hall–Kier alpha value is -2.08. The SMILES string of the molecule is COC(=O)c1nc(-c2cc(C)ccn2)sc1C(C)=O. The minimum atomic E-state index is -0.611. The molecule has 0 atom stereocenters. The van der Waals surface area contributed by atoms with E-state index in [9.17, 15) is 9.59 Å². The van der Waals surface area contributed by atoms with Crippen molar-refractivity contribution in [2.75, 3.05) is 7.11 Å². The van der Waals surface area contributed by atoms with Crippen molar-refractivity contribution in [3.63, 3.8) is 0 Å². The Balaban J connectivity index is 2.54. The van der Waals surface area contributed by atoms with Gasteiger partial charge in [0.05, 0.1) is 12.8 Å². The van der Waals surface area contributed by atoms with Crippen LogP contribution in [-0.4, -0.2) is 28.8 Å². The van der Waals surface area contributed by atoms with Gasteiger partial charge in [0.15, 0.2) is 11.5 Å². The molecule has 0 N–H and O–H groups in total. The molecule has 5 nitrogen and oxygen atoms in total. The average molecular weight is 276 g/mol. The molecule has 2 aromatic heterocycles. The quantitative estimate of drug-likeness (QED) is 0.636. The van der Waals surface area contributed by atoms with Gasteiger partial charge in [0.1, 0.15) is 9.88 Å².